The molecule has 0 aliphatic carbocycles. The number of aliphatic hydroxyl groups is 1. The molecule has 1 aromatic rings. The van der Waals surface area contributed by atoms with Gasteiger partial charge in [-0.15, -0.1) is 0 Å². The summed E-state index contributed by atoms with van der Waals surface area (Å²) in [7, 11) is 0. The first kappa shape index (κ1) is 10.4. The lowest BCUT2D eigenvalue weighted by atomic mass is 10.1. The van der Waals surface area contributed by atoms with Crippen LogP contribution in [0.3, 0.4) is 0 Å². The lowest BCUT2D eigenvalue weighted by molar-refractivity contribution is 0.368. The minimum absolute atomic E-state index is 0.0995. The maximum atomic E-state index is 9.18. The van der Waals surface area contributed by atoms with E-state index in [0.29, 0.717) is 6.42 Å². The molecule has 0 saturated heterocycles. The van der Waals surface area contributed by atoms with Crippen LogP contribution in [-0.4, -0.2) is 21.4 Å². The molecule has 1 atom stereocenters. The monoisotopic (exact) mass is 195 g/mol. The predicted molar refractivity (Wildman–Crippen MR) is 53.2 cm³/mol. The number of aliphatic hydroxyl groups excluding tert-OH is 1. The average Bonchev–Trinajstić information content (AvgIpc) is 2.11. The quantitative estimate of drug-likeness (QED) is 0.428. The minimum atomic E-state index is -0.557. The summed E-state index contributed by atoms with van der Waals surface area (Å²) < 4.78 is 0. The van der Waals surface area contributed by atoms with Crippen LogP contribution in [0.15, 0.2) is 30.5 Å². The third kappa shape index (κ3) is 2.40. The molecular weight excluding hydrogens is 182 g/mol. The van der Waals surface area contributed by atoms with Crippen LogP contribution in [0.1, 0.15) is 5.56 Å². The van der Waals surface area contributed by atoms with Crippen LogP contribution in [0, 0.1) is 0 Å². The fourth-order valence-electron chi connectivity index (χ4n) is 1.07. The molecule has 0 unspecified atom stereocenters. The molecule has 14 heavy (non-hydrogen) atoms. The van der Waals surface area contributed by atoms with Gasteiger partial charge in [0.15, 0.2) is 11.5 Å². The Bertz CT molecular complexity index is 349. The van der Waals surface area contributed by atoms with E-state index in [0.717, 1.165) is 5.56 Å². The number of benzene rings is 1. The van der Waals surface area contributed by atoms with Gasteiger partial charge in [-0.3, -0.25) is 0 Å². The Labute approximate surface area is 81.9 Å². The van der Waals surface area contributed by atoms with Crippen molar-refractivity contribution in [1.29, 1.82) is 0 Å². The maximum Gasteiger partial charge on any atom is 0.157 e. The maximum absolute atomic E-state index is 9.18. The van der Waals surface area contributed by atoms with E-state index in [-0.39, 0.29) is 17.3 Å². The Morgan fingerprint density at radius 2 is 2.00 bits per heavy atom. The Morgan fingerprint density at radius 1 is 1.36 bits per heavy atom. The van der Waals surface area contributed by atoms with E-state index in [1.165, 1.54) is 12.1 Å². The highest BCUT2D eigenvalue weighted by molar-refractivity contribution is 5.40. The first-order chi connectivity index (χ1) is 6.50. The van der Waals surface area contributed by atoms with E-state index in [2.05, 4.69) is 6.58 Å². The normalized spacial score (nSPS) is 12.4. The molecule has 0 heterocycles. The zero-order chi connectivity index (χ0) is 10.7. The van der Waals surface area contributed by atoms with Crippen molar-refractivity contribution in [3.05, 3.63) is 36.1 Å². The van der Waals surface area contributed by atoms with Gasteiger partial charge in [0.05, 0.1) is 6.04 Å². The molecule has 0 aromatic heterocycles. The van der Waals surface area contributed by atoms with E-state index < -0.39 is 6.04 Å². The van der Waals surface area contributed by atoms with Crippen LogP contribution in [0.2, 0.25) is 0 Å². The predicted octanol–water partition coefficient (Wildman–Crippen LogP) is 1.04. The third-order valence-corrected chi connectivity index (χ3v) is 1.92. The number of rotatable bonds is 3. The number of phenols is 2. The first-order valence-electron chi connectivity index (χ1n) is 4.15. The first-order valence-corrected chi connectivity index (χ1v) is 4.15. The smallest absolute Gasteiger partial charge is 0.157 e. The van der Waals surface area contributed by atoms with E-state index in [1.807, 2.05) is 0 Å². The van der Waals surface area contributed by atoms with Crippen molar-refractivity contribution in [3.63, 3.8) is 0 Å². The molecule has 1 rings (SSSR count). The van der Waals surface area contributed by atoms with Gasteiger partial charge in [0, 0.05) is 0 Å². The molecule has 0 amide bonds. The highest BCUT2D eigenvalue weighted by atomic mass is 16.3. The van der Waals surface area contributed by atoms with Gasteiger partial charge in [-0.05, 0) is 24.1 Å². The standard InChI is InChI=1S/C10H13NO3/c1-6(12)8(11)4-7-2-3-9(13)10(14)5-7/h2-3,5,8,12-14H,1,4,11H2/t8-/m1/s1. The summed E-state index contributed by atoms with van der Waals surface area (Å²) in [6.07, 6.45) is 0.364. The van der Waals surface area contributed by atoms with Gasteiger partial charge < -0.3 is 21.1 Å². The van der Waals surface area contributed by atoms with Crippen LogP contribution < -0.4 is 5.73 Å². The summed E-state index contributed by atoms with van der Waals surface area (Å²) in [4.78, 5) is 0. The summed E-state index contributed by atoms with van der Waals surface area (Å²) in [5.41, 5.74) is 6.27. The molecule has 0 fully saturated rings. The second-order valence-electron chi connectivity index (χ2n) is 3.13. The van der Waals surface area contributed by atoms with Crippen LogP contribution in [0.5, 0.6) is 11.5 Å². The van der Waals surface area contributed by atoms with Crippen molar-refractivity contribution >= 4 is 0 Å². The molecule has 0 saturated carbocycles. The van der Waals surface area contributed by atoms with Gasteiger partial charge in [0.1, 0.15) is 5.76 Å². The summed E-state index contributed by atoms with van der Waals surface area (Å²) >= 11 is 0. The molecule has 0 aliphatic rings. The van der Waals surface area contributed by atoms with Gasteiger partial charge >= 0.3 is 0 Å². The van der Waals surface area contributed by atoms with Gasteiger partial charge in [-0.2, -0.15) is 0 Å². The second-order valence-corrected chi connectivity index (χ2v) is 3.13. The minimum Gasteiger partial charge on any atom is -0.511 e. The van der Waals surface area contributed by atoms with Crippen LogP contribution >= 0.6 is 0 Å². The molecule has 4 nitrogen and oxygen atoms in total. The summed E-state index contributed by atoms with van der Waals surface area (Å²) in [6.45, 7) is 3.31. The van der Waals surface area contributed by atoms with Crippen molar-refractivity contribution < 1.29 is 15.3 Å². The lowest BCUT2D eigenvalue weighted by Crippen LogP contribution is -2.24. The zero-order valence-corrected chi connectivity index (χ0v) is 7.64. The Kier molecular flexibility index (Phi) is 2.99. The van der Waals surface area contributed by atoms with Crippen molar-refractivity contribution in [2.75, 3.05) is 0 Å². The molecule has 1 aromatic carbocycles. The van der Waals surface area contributed by atoms with Crippen molar-refractivity contribution in [1.82, 2.24) is 0 Å². The number of phenolic OH excluding ortho intramolecular Hbond substituents is 2. The SMILES string of the molecule is C=C(O)[C@H](N)Cc1ccc(O)c(O)c1. The van der Waals surface area contributed by atoms with Crippen molar-refractivity contribution in [3.8, 4) is 11.5 Å². The largest absolute Gasteiger partial charge is 0.511 e. The number of hydrogen-bond donors (Lipinski definition) is 4. The number of hydrogen-bond acceptors (Lipinski definition) is 4. The van der Waals surface area contributed by atoms with Gasteiger partial charge in [0.2, 0.25) is 0 Å². The number of aromatic hydroxyl groups is 2. The highest BCUT2D eigenvalue weighted by Crippen LogP contribution is 2.25. The molecule has 0 radical (unpaired) electrons. The molecule has 76 valence electrons. The van der Waals surface area contributed by atoms with E-state index in [4.69, 9.17) is 15.9 Å². The molecule has 0 aliphatic heterocycles. The Balaban J connectivity index is 2.78. The number of nitrogens with two attached hydrogens (primary N) is 1. The molecule has 4 heteroatoms. The Morgan fingerprint density at radius 3 is 2.50 bits per heavy atom. The van der Waals surface area contributed by atoms with Crippen LogP contribution in [0.4, 0.5) is 0 Å². The lowest BCUT2D eigenvalue weighted by Gasteiger charge is -2.10. The average molecular weight is 195 g/mol. The summed E-state index contributed by atoms with van der Waals surface area (Å²) in [6, 6.07) is 3.84. The molecule has 5 N–H and O–H groups in total. The van der Waals surface area contributed by atoms with Crippen molar-refractivity contribution in [2.24, 2.45) is 5.73 Å². The second kappa shape index (κ2) is 4.02. The van der Waals surface area contributed by atoms with E-state index >= 15 is 0 Å². The van der Waals surface area contributed by atoms with E-state index in [1.54, 1.807) is 6.07 Å². The molecule has 0 bridgehead atoms. The van der Waals surface area contributed by atoms with E-state index in [9.17, 15) is 5.11 Å². The zero-order valence-electron chi connectivity index (χ0n) is 7.64. The summed E-state index contributed by atoms with van der Waals surface area (Å²) in [5, 5.41) is 27.2. The fraction of sp³-hybridized carbons (Fsp3) is 0.200. The van der Waals surface area contributed by atoms with Crippen LogP contribution in [-0.2, 0) is 6.42 Å². The highest BCUT2D eigenvalue weighted by Gasteiger charge is 2.08. The summed E-state index contributed by atoms with van der Waals surface area (Å²) in [5.74, 6) is -0.471. The van der Waals surface area contributed by atoms with Crippen LogP contribution in [0.25, 0.3) is 0 Å². The van der Waals surface area contributed by atoms with Crippen molar-refractivity contribution in [2.45, 2.75) is 12.5 Å². The fourth-order valence-corrected chi connectivity index (χ4v) is 1.07. The topological polar surface area (TPSA) is 86.7 Å². The molecular formula is C10H13NO3. The van der Waals surface area contributed by atoms with Gasteiger partial charge in [-0.25, -0.2) is 0 Å². The van der Waals surface area contributed by atoms with Gasteiger partial charge in [-0.1, -0.05) is 12.6 Å². The third-order valence-electron chi connectivity index (χ3n) is 1.92. The van der Waals surface area contributed by atoms with Gasteiger partial charge in [0.25, 0.3) is 0 Å². The Hall–Kier alpha value is -1.68. The molecule has 0 spiro atoms.